The van der Waals surface area contributed by atoms with Crippen molar-refractivity contribution in [2.45, 2.75) is 4.90 Å². The number of rotatable bonds is 5. The minimum Gasteiger partial charge on any atom is -0.293 e. The maximum Gasteiger partial charge on any atom is 0.241 e. The summed E-state index contributed by atoms with van der Waals surface area (Å²) in [5.74, 6) is -1.20. The summed E-state index contributed by atoms with van der Waals surface area (Å²) >= 11 is 0. The number of sulfonamides is 1. The van der Waals surface area contributed by atoms with Crippen molar-refractivity contribution in [2.75, 3.05) is 6.54 Å². The summed E-state index contributed by atoms with van der Waals surface area (Å²) in [6, 6.07) is 12.6. The van der Waals surface area contributed by atoms with Gasteiger partial charge in [-0.3, -0.25) is 4.79 Å². The van der Waals surface area contributed by atoms with Gasteiger partial charge in [0, 0.05) is 5.56 Å². The molecule has 0 fully saturated rings. The van der Waals surface area contributed by atoms with Crippen molar-refractivity contribution >= 4 is 15.8 Å². The van der Waals surface area contributed by atoms with Crippen molar-refractivity contribution in [3.63, 3.8) is 0 Å². The highest BCUT2D eigenvalue weighted by atomic mass is 32.2. The second kappa shape index (κ2) is 6.47. The normalized spacial score (nSPS) is 10.9. The van der Waals surface area contributed by atoms with Crippen molar-refractivity contribution in [1.82, 2.24) is 4.72 Å². The van der Waals surface area contributed by atoms with Gasteiger partial charge in [0.05, 0.1) is 17.0 Å². The molecule has 2 aromatic rings. The van der Waals surface area contributed by atoms with Crippen LogP contribution in [0.2, 0.25) is 0 Å². The minimum atomic E-state index is -4.00. The van der Waals surface area contributed by atoms with Gasteiger partial charge < -0.3 is 0 Å². The first kappa shape index (κ1) is 15.8. The maximum atomic E-state index is 13.2. The van der Waals surface area contributed by atoms with Gasteiger partial charge in [0.2, 0.25) is 10.0 Å². The van der Waals surface area contributed by atoms with Gasteiger partial charge in [0.1, 0.15) is 11.9 Å². The van der Waals surface area contributed by atoms with Gasteiger partial charge in [-0.25, -0.2) is 17.5 Å². The molecule has 112 valence electrons. The van der Waals surface area contributed by atoms with Gasteiger partial charge in [0.25, 0.3) is 0 Å². The third-order valence-electron chi connectivity index (χ3n) is 2.89. The Morgan fingerprint density at radius 3 is 2.50 bits per heavy atom. The fourth-order valence-electron chi connectivity index (χ4n) is 1.73. The molecule has 0 radical (unpaired) electrons. The van der Waals surface area contributed by atoms with Crippen LogP contribution in [0.15, 0.2) is 53.4 Å². The number of benzene rings is 2. The second-order valence-electron chi connectivity index (χ2n) is 4.37. The van der Waals surface area contributed by atoms with Gasteiger partial charge in [-0.1, -0.05) is 30.3 Å². The average molecular weight is 318 g/mol. The van der Waals surface area contributed by atoms with E-state index >= 15 is 0 Å². The number of halogens is 1. The number of hydrogen-bond donors (Lipinski definition) is 1. The third-order valence-corrected chi connectivity index (χ3v) is 4.29. The van der Waals surface area contributed by atoms with E-state index in [9.17, 15) is 17.6 Å². The van der Waals surface area contributed by atoms with Crippen LogP contribution in [0.4, 0.5) is 4.39 Å². The zero-order chi connectivity index (χ0) is 16.2. The summed E-state index contributed by atoms with van der Waals surface area (Å²) in [5.41, 5.74) is -0.000666. The molecule has 22 heavy (non-hydrogen) atoms. The lowest BCUT2D eigenvalue weighted by Gasteiger charge is -2.07. The molecule has 2 aromatic carbocycles. The minimum absolute atomic E-state index is 0.272. The van der Waals surface area contributed by atoms with Gasteiger partial charge >= 0.3 is 0 Å². The quantitative estimate of drug-likeness (QED) is 0.852. The highest BCUT2D eigenvalue weighted by Gasteiger charge is 2.18. The predicted molar refractivity (Wildman–Crippen MR) is 77.1 cm³/mol. The molecule has 0 aliphatic heterocycles. The number of carbonyl (C=O) groups excluding carboxylic acids is 1. The first-order valence-corrected chi connectivity index (χ1v) is 7.70. The van der Waals surface area contributed by atoms with Crippen LogP contribution in [0.5, 0.6) is 0 Å². The predicted octanol–water partition coefficient (Wildman–Crippen LogP) is 1.86. The van der Waals surface area contributed by atoms with Crippen LogP contribution >= 0.6 is 0 Å². The van der Waals surface area contributed by atoms with Gasteiger partial charge in [-0.2, -0.15) is 5.26 Å². The highest BCUT2D eigenvalue weighted by Crippen LogP contribution is 2.14. The summed E-state index contributed by atoms with van der Waals surface area (Å²) in [4.78, 5) is 11.6. The second-order valence-corrected chi connectivity index (χ2v) is 6.13. The number of hydrogen-bond acceptors (Lipinski definition) is 4. The molecular formula is C15H11FN2O3S. The molecule has 7 heteroatoms. The zero-order valence-corrected chi connectivity index (χ0v) is 12.1. The summed E-state index contributed by atoms with van der Waals surface area (Å²) in [6.45, 7) is -0.425. The molecule has 0 bridgehead atoms. The molecule has 0 unspecified atom stereocenters. The molecule has 0 aliphatic carbocycles. The van der Waals surface area contributed by atoms with Crippen molar-refractivity contribution in [1.29, 1.82) is 5.26 Å². The Morgan fingerprint density at radius 2 is 1.86 bits per heavy atom. The first-order chi connectivity index (χ1) is 10.4. The number of Topliss-reactive ketones (excluding diaryl/α,β-unsaturated/α-hetero) is 1. The van der Waals surface area contributed by atoms with Crippen LogP contribution < -0.4 is 4.72 Å². The van der Waals surface area contributed by atoms with Crippen LogP contribution in [0.1, 0.15) is 15.9 Å². The van der Waals surface area contributed by atoms with E-state index in [4.69, 9.17) is 5.26 Å². The number of nitrogens with one attached hydrogen (secondary N) is 1. The van der Waals surface area contributed by atoms with Crippen molar-refractivity contribution in [2.24, 2.45) is 0 Å². The fraction of sp³-hybridized carbons (Fsp3) is 0.0667. The zero-order valence-electron chi connectivity index (χ0n) is 11.3. The Labute approximate surface area is 127 Å². The summed E-state index contributed by atoms with van der Waals surface area (Å²) in [6.07, 6.45) is 0. The van der Waals surface area contributed by atoms with E-state index in [2.05, 4.69) is 4.72 Å². The Morgan fingerprint density at radius 1 is 1.18 bits per heavy atom. The average Bonchev–Trinajstić information content (AvgIpc) is 2.53. The van der Waals surface area contributed by atoms with Crippen LogP contribution in [0.3, 0.4) is 0 Å². The van der Waals surface area contributed by atoms with E-state index in [1.54, 1.807) is 36.4 Å². The van der Waals surface area contributed by atoms with Crippen LogP contribution in [-0.4, -0.2) is 20.7 Å². The maximum absolute atomic E-state index is 13.2. The van der Waals surface area contributed by atoms with Crippen LogP contribution in [0.25, 0.3) is 0 Å². The lowest BCUT2D eigenvalue weighted by atomic mass is 10.1. The largest absolute Gasteiger partial charge is 0.293 e. The summed E-state index contributed by atoms with van der Waals surface area (Å²) in [7, 11) is -4.00. The standard InChI is InChI=1S/C15H11FN2O3S/c16-14-7-6-13(8-12(14)9-17)22(20,21)18-10-15(19)11-4-2-1-3-5-11/h1-8,18H,10H2. The summed E-state index contributed by atoms with van der Waals surface area (Å²) < 4.78 is 39.4. The Hall–Kier alpha value is -2.56. The van der Waals surface area contributed by atoms with Crippen LogP contribution in [0, 0.1) is 17.1 Å². The van der Waals surface area contributed by atoms with E-state index in [-0.39, 0.29) is 10.5 Å². The fourth-order valence-corrected chi connectivity index (χ4v) is 2.74. The molecule has 0 saturated heterocycles. The first-order valence-electron chi connectivity index (χ1n) is 6.21. The number of carbonyl (C=O) groups is 1. The third kappa shape index (κ3) is 3.55. The lowest BCUT2D eigenvalue weighted by molar-refractivity contribution is 0.0997. The van der Waals surface area contributed by atoms with E-state index in [0.29, 0.717) is 5.56 Å². The van der Waals surface area contributed by atoms with Crippen LogP contribution in [-0.2, 0) is 10.0 Å². The van der Waals surface area contributed by atoms with E-state index in [1.165, 1.54) is 0 Å². The molecule has 0 aliphatic rings. The topological polar surface area (TPSA) is 87.0 Å². The summed E-state index contributed by atoms with van der Waals surface area (Å²) in [5, 5.41) is 8.72. The Bertz CT molecular complexity index is 843. The van der Waals surface area contributed by atoms with Crippen molar-refractivity contribution < 1.29 is 17.6 Å². The van der Waals surface area contributed by atoms with Gasteiger partial charge in [-0.05, 0) is 18.2 Å². The molecule has 1 N–H and O–H groups in total. The van der Waals surface area contributed by atoms with Crippen molar-refractivity contribution in [3.8, 4) is 6.07 Å². The molecular weight excluding hydrogens is 307 g/mol. The monoisotopic (exact) mass is 318 g/mol. The SMILES string of the molecule is N#Cc1cc(S(=O)(=O)NCC(=O)c2ccccc2)ccc1F. The molecule has 0 heterocycles. The van der Waals surface area contributed by atoms with Gasteiger partial charge in [0.15, 0.2) is 5.78 Å². The molecule has 0 saturated carbocycles. The van der Waals surface area contributed by atoms with Crippen molar-refractivity contribution in [3.05, 3.63) is 65.5 Å². The van der Waals surface area contributed by atoms with E-state index < -0.39 is 28.2 Å². The van der Waals surface area contributed by atoms with E-state index in [0.717, 1.165) is 18.2 Å². The highest BCUT2D eigenvalue weighted by molar-refractivity contribution is 7.89. The molecule has 0 spiro atoms. The van der Waals surface area contributed by atoms with Gasteiger partial charge in [-0.15, -0.1) is 0 Å². The number of ketones is 1. The Balaban J connectivity index is 2.15. The smallest absolute Gasteiger partial charge is 0.241 e. The molecule has 0 aromatic heterocycles. The Kier molecular flexibility index (Phi) is 4.65. The molecule has 0 atom stereocenters. The molecule has 2 rings (SSSR count). The number of nitriles is 1. The molecule has 0 amide bonds. The number of nitrogens with zero attached hydrogens (tertiary/aromatic N) is 1. The molecule has 5 nitrogen and oxygen atoms in total. The van der Waals surface area contributed by atoms with E-state index in [1.807, 2.05) is 0 Å². The lowest BCUT2D eigenvalue weighted by Crippen LogP contribution is -2.29.